The van der Waals surface area contributed by atoms with Crippen molar-refractivity contribution in [1.82, 2.24) is 5.32 Å². The van der Waals surface area contributed by atoms with E-state index in [0.717, 1.165) is 0 Å². The molecule has 0 heterocycles. The van der Waals surface area contributed by atoms with Gasteiger partial charge >= 0.3 is 6.09 Å². The molecule has 1 unspecified atom stereocenters. The van der Waals surface area contributed by atoms with E-state index in [9.17, 15) is 9.18 Å². The number of carbonyl (C=O) groups is 1. The lowest BCUT2D eigenvalue weighted by atomic mass is 10.2. The second-order valence-corrected chi connectivity index (χ2v) is 4.00. The van der Waals surface area contributed by atoms with Crippen LogP contribution in [0.25, 0.3) is 0 Å². The van der Waals surface area contributed by atoms with Crippen molar-refractivity contribution < 1.29 is 19.0 Å². The normalized spacial score (nSPS) is 13.5. The first-order chi connectivity index (χ1) is 6.39. The first kappa shape index (κ1) is 13.2. The highest BCUT2D eigenvalue weighted by atomic mass is 19.1. The summed E-state index contributed by atoms with van der Waals surface area (Å²) in [5.74, 6) is 0. The summed E-state index contributed by atoms with van der Waals surface area (Å²) >= 11 is 0. The summed E-state index contributed by atoms with van der Waals surface area (Å²) in [6.07, 6.45) is -0.541. The number of carbonyl (C=O) groups excluding carboxylic acids is 1. The molecular formula is C9H18FNO3. The van der Waals surface area contributed by atoms with Crippen LogP contribution in [0.1, 0.15) is 27.2 Å². The van der Waals surface area contributed by atoms with Crippen molar-refractivity contribution in [2.75, 3.05) is 13.3 Å². The minimum absolute atomic E-state index is 0.0930. The molecule has 0 radical (unpaired) electrons. The van der Waals surface area contributed by atoms with E-state index >= 15 is 0 Å². The highest BCUT2D eigenvalue weighted by Crippen LogP contribution is 2.07. The Morgan fingerprint density at radius 2 is 2.14 bits per heavy atom. The Morgan fingerprint density at radius 3 is 2.50 bits per heavy atom. The van der Waals surface area contributed by atoms with Gasteiger partial charge in [-0.1, -0.05) is 0 Å². The number of halogens is 1. The zero-order chi connectivity index (χ0) is 11.2. The maximum atomic E-state index is 11.9. The Hall–Kier alpha value is -0.840. The monoisotopic (exact) mass is 207 g/mol. The summed E-state index contributed by atoms with van der Waals surface area (Å²) in [6.45, 7) is 4.32. The number of alkyl halides is 1. The van der Waals surface area contributed by atoms with Crippen molar-refractivity contribution in [2.45, 2.75) is 38.8 Å². The highest BCUT2D eigenvalue weighted by Gasteiger charge is 2.18. The van der Waals surface area contributed by atoms with Gasteiger partial charge < -0.3 is 15.2 Å². The van der Waals surface area contributed by atoms with Gasteiger partial charge in [-0.3, -0.25) is 4.39 Å². The number of hydrogen-bond acceptors (Lipinski definition) is 3. The molecule has 0 aliphatic heterocycles. The number of rotatable bonds is 4. The van der Waals surface area contributed by atoms with Crippen LogP contribution in [0.5, 0.6) is 0 Å². The van der Waals surface area contributed by atoms with Crippen molar-refractivity contribution >= 4 is 6.09 Å². The largest absolute Gasteiger partial charge is 0.444 e. The number of ether oxygens (including phenoxy) is 1. The highest BCUT2D eigenvalue weighted by molar-refractivity contribution is 5.68. The Bertz CT molecular complexity index is 179. The summed E-state index contributed by atoms with van der Waals surface area (Å²) in [5.41, 5.74) is -0.584. The maximum Gasteiger partial charge on any atom is 0.407 e. The molecule has 5 heteroatoms. The third-order valence-corrected chi connectivity index (χ3v) is 1.40. The van der Waals surface area contributed by atoms with Crippen molar-refractivity contribution in [3.8, 4) is 0 Å². The van der Waals surface area contributed by atoms with E-state index in [-0.39, 0.29) is 13.0 Å². The van der Waals surface area contributed by atoms with E-state index in [1.807, 2.05) is 0 Å². The van der Waals surface area contributed by atoms with Crippen LogP contribution in [0, 0.1) is 0 Å². The van der Waals surface area contributed by atoms with Crippen molar-refractivity contribution in [3.63, 3.8) is 0 Å². The molecule has 0 aliphatic rings. The van der Waals surface area contributed by atoms with E-state index in [1.54, 1.807) is 20.8 Å². The van der Waals surface area contributed by atoms with Crippen LogP contribution in [0.3, 0.4) is 0 Å². The zero-order valence-corrected chi connectivity index (χ0v) is 8.84. The van der Waals surface area contributed by atoms with Gasteiger partial charge in [0.15, 0.2) is 0 Å². The zero-order valence-electron chi connectivity index (χ0n) is 8.84. The van der Waals surface area contributed by atoms with Crippen LogP contribution in [-0.2, 0) is 4.74 Å². The number of hydrogen-bond donors (Lipinski definition) is 2. The molecule has 4 nitrogen and oxygen atoms in total. The lowest BCUT2D eigenvalue weighted by molar-refractivity contribution is 0.0477. The van der Waals surface area contributed by atoms with Gasteiger partial charge in [0.2, 0.25) is 0 Å². The summed E-state index contributed by atoms with van der Waals surface area (Å²) < 4.78 is 16.8. The van der Waals surface area contributed by atoms with Crippen molar-refractivity contribution in [1.29, 1.82) is 0 Å². The second-order valence-electron chi connectivity index (χ2n) is 4.00. The number of aliphatic hydroxyl groups is 1. The van der Waals surface area contributed by atoms with Crippen LogP contribution >= 0.6 is 0 Å². The molecule has 84 valence electrons. The van der Waals surface area contributed by atoms with Gasteiger partial charge in [-0.15, -0.1) is 0 Å². The average molecular weight is 207 g/mol. The average Bonchev–Trinajstić information content (AvgIpc) is 2.00. The molecule has 0 spiro atoms. The van der Waals surface area contributed by atoms with Gasteiger partial charge in [0.1, 0.15) is 5.60 Å². The molecule has 0 saturated carbocycles. The van der Waals surface area contributed by atoms with Gasteiger partial charge in [-0.05, 0) is 27.2 Å². The Labute approximate surface area is 83.4 Å². The summed E-state index contributed by atoms with van der Waals surface area (Å²) in [7, 11) is 0. The molecular weight excluding hydrogens is 189 g/mol. The molecule has 0 saturated heterocycles. The first-order valence-corrected chi connectivity index (χ1v) is 4.55. The fraction of sp³-hybridized carbons (Fsp3) is 0.889. The van der Waals surface area contributed by atoms with Gasteiger partial charge in [0, 0.05) is 0 Å². The molecule has 0 fully saturated rings. The predicted octanol–water partition coefficient (Wildman–Crippen LogP) is 1.23. The van der Waals surface area contributed by atoms with E-state index in [2.05, 4.69) is 5.32 Å². The van der Waals surface area contributed by atoms with Crippen LogP contribution in [0.15, 0.2) is 0 Å². The van der Waals surface area contributed by atoms with Crippen molar-refractivity contribution in [2.24, 2.45) is 0 Å². The Morgan fingerprint density at radius 1 is 1.57 bits per heavy atom. The Balaban J connectivity index is 3.91. The third kappa shape index (κ3) is 6.65. The molecule has 2 N–H and O–H groups in total. The van der Waals surface area contributed by atoms with Gasteiger partial charge in [-0.25, -0.2) is 4.79 Å². The van der Waals surface area contributed by atoms with Gasteiger partial charge in [0.05, 0.1) is 19.3 Å². The van der Waals surface area contributed by atoms with Crippen LogP contribution < -0.4 is 5.32 Å². The van der Waals surface area contributed by atoms with Crippen molar-refractivity contribution in [3.05, 3.63) is 0 Å². The Kier molecular flexibility index (Phi) is 5.45. The molecule has 0 rings (SSSR count). The standard InChI is InChI=1S/C9H18FNO3/c1-9(2,3)14-8(13)11-7(6-12)4-5-10/h7,12H,4-6H2,1-3H3,(H,11,13). The second kappa shape index (κ2) is 5.80. The molecule has 0 aromatic heterocycles. The van der Waals surface area contributed by atoms with Crippen LogP contribution in [0.2, 0.25) is 0 Å². The fourth-order valence-corrected chi connectivity index (χ4v) is 0.815. The van der Waals surface area contributed by atoms with E-state index in [1.165, 1.54) is 0 Å². The quantitative estimate of drug-likeness (QED) is 0.729. The first-order valence-electron chi connectivity index (χ1n) is 4.55. The summed E-state index contributed by atoms with van der Waals surface area (Å²) in [5, 5.41) is 11.1. The number of alkyl carbamates (subject to hydrolysis) is 1. The van der Waals surface area contributed by atoms with E-state index in [0.29, 0.717) is 0 Å². The number of aliphatic hydroxyl groups excluding tert-OH is 1. The number of amides is 1. The van der Waals surface area contributed by atoms with Gasteiger partial charge in [-0.2, -0.15) is 0 Å². The molecule has 1 atom stereocenters. The SMILES string of the molecule is CC(C)(C)OC(=O)NC(CO)CCF. The summed E-state index contributed by atoms with van der Waals surface area (Å²) in [4.78, 5) is 11.1. The molecule has 1 amide bonds. The fourth-order valence-electron chi connectivity index (χ4n) is 0.815. The van der Waals surface area contributed by atoms with E-state index < -0.39 is 24.4 Å². The van der Waals surface area contributed by atoms with Crippen LogP contribution in [-0.4, -0.2) is 36.1 Å². The summed E-state index contributed by atoms with van der Waals surface area (Å²) in [6, 6.07) is -0.574. The molecule has 14 heavy (non-hydrogen) atoms. The lowest BCUT2D eigenvalue weighted by Gasteiger charge is -2.22. The lowest BCUT2D eigenvalue weighted by Crippen LogP contribution is -2.41. The molecule has 0 aliphatic carbocycles. The maximum absolute atomic E-state index is 11.9. The third-order valence-electron chi connectivity index (χ3n) is 1.40. The van der Waals surface area contributed by atoms with E-state index in [4.69, 9.17) is 9.84 Å². The van der Waals surface area contributed by atoms with Gasteiger partial charge in [0.25, 0.3) is 0 Å². The molecule has 0 aromatic rings. The molecule has 0 aromatic carbocycles. The smallest absolute Gasteiger partial charge is 0.407 e. The number of nitrogens with one attached hydrogen (secondary N) is 1. The molecule has 0 bridgehead atoms. The van der Waals surface area contributed by atoms with Crippen LogP contribution in [0.4, 0.5) is 9.18 Å². The minimum Gasteiger partial charge on any atom is -0.444 e. The predicted molar refractivity (Wildman–Crippen MR) is 50.8 cm³/mol. The minimum atomic E-state index is -0.634. The topological polar surface area (TPSA) is 58.6 Å².